The minimum atomic E-state index is -0.393. The second kappa shape index (κ2) is 5.74. The third-order valence-corrected chi connectivity index (χ3v) is 3.62. The number of fused-ring (bicyclic) bond motifs is 1. The standard InChI is InChI=1S/C12H12FIN4O/c1-2-5-18(15)12(19)9-6-7-3-4-8(13)10(14)11(7)17-16-9/h3-4,6H,2,5,15H2,1H3. The molecule has 19 heavy (non-hydrogen) atoms. The molecule has 0 unspecified atom stereocenters. The first-order chi connectivity index (χ1) is 9.04. The molecule has 2 N–H and O–H groups in total. The normalized spacial score (nSPS) is 10.7. The Morgan fingerprint density at radius 2 is 2.21 bits per heavy atom. The van der Waals surface area contributed by atoms with Gasteiger partial charge in [-0.05, 0) is 47.2 Å². The van der Waals surface area contributed by atoms with Gasteiger partial charge < -0.3 is 0 Å². The summed E-state index contributed by atoms with van der Waals surface area (Å²) in [7, 11) is 0. The van der Waals surface area contributed by atoms with Gasteiger partial charge in [-0.15, -0.1) is 10.2 Å². The van der Waals surface area contributed by atoms with E-state index in [-0.39, 0.29) is 11.5 Å². The Labute approximate surface area is 123 Å². The van der Waals surface area contributed by atoms with Crippen LogP contribution in [-0.4, -0.2) is 27.7 Å². The number of benzene rings is 1. The molecule has 0 atom stereocenters. The molecule has 1 heterocycles. The minimum Gasteiger partial charge on any atom is -0.275 e. The van der Waals surface area contributed by atoms with Gasteiger partial charge in [0, 0.05) is 11.9 Å². The number of aromatic nitrogens is 2. The third-order valence-electron chi connectivity index (χ3n) is 2.59. The molecular formula is C12H12FIN4O. The SMILES string of the molecule is CCCN(N)C(=O)c1cc2ccc(F)c(I)c2nn1. The predicted molar refractivity (Wildman–Crippen MR) is 77.7 cm³/mol. The molecule has 1 aromatic heterocycles. The number of carbonyl (C=O) groups is 1. The molecule has 0 aliphatic rings. The van der Waals surface area contributed by atoms with Crippen LogP contribution in [0.25, 0.3) is 10.9 Å². The molecule has 0 saturated carbocycles. The lowest BCUT2D eigenvalue weighted by Gasteiger charge is -2.14. The zero-order valence-corrected chi connectivity index (χ0v) is 12.4. The van der Waals surface area contributed by atoms with Crippen LogP contribution < -0.4 is 5.84 Å². The molecular weight excluding hydrogens is 362 g/mol. The van der Waals surface area contributed by atoms with E-state index < -0.39 is 5.91 Å². The van der Waals surface area contributed by atoms with E-state index in [9.17, 15) is 9.18 Å². The number of nitrogens with two attached hydrogens (primary N) is 1. The average molecular weight is 374 g/mol. The van der Waals surface area contributed by atoms with Crippen LogP contribution in [0.4, 0.5) is 4.39 Å². The summed E-state index contributed by atoms with van der Waals surface area (Å²) in [6.07, 6.45) is 0.756. The number of nitrogens with zero attached hydrogens (tertiary/aromatic N) is 3. The molecule has 0 aliphatic carbocycles. The van der Waals surface area contributed by atoms with Crippen LogP contribution in [0, 0.1) is 9.39 Å². The van der Waals surface area contributed by atoms with Gasteiger partial charge in [0.15, 0.2) is 5.69 Å². The fourth-order valence-electron chi connectivity index (χ4n) is 1.65. The van der Waals surface area contributed by atoms with Crippen LogP contribution in [0.5, 0.6) is 0 Å². The van der Waals surface area contributed by atoms with Crippen molar-refractivity contribution >= 4 is 39.4 Å². The van der Waals surface area contributed by atoms with Crippen molar-refractivity contribution in [3.8, 4) is 0 Å². The Morgan fingerprint density at radius 1 is 1.47 bits per heavy atom. The second-order valence-corrected chi connectivity index (χ2v) is 5.11. The number of hydrogen-bond acceptors (Lipinski definition) is 4. The fraction of sp³-hybridized carbons (Fsp3) is 0.250. The average Bonchev–Trinajstić information content (AvgIpc) is 2.42. The topological polar surface area (TPSA) is 72.1 Å². The highest BCUT2D eigenvalue weighted by Crippen LogP contribution is 2.21. The van der Waals surface area contributed by atoms with E-state index in [0.29, 0.717) is 21.0 Å². The molecule has 0 bridgehead atoms. The summed E-state index contributed by atoms with van der Waals surface area (Å²) in [4.78, 5) is 12.0. The number of hydrazine groups is 1. The van der Waals surface area contributed by atoms with E-state index in [2.05, 4.69) is 10.2 Å². The van der Waals surface area contributed by atoms with Crippen LogP contribution >= 0.6 is 22.6 Å². The van der Waals surface area contributed by atoms with Gasteiger partial charge in [-0.2, -0.15) is 0 Å². The molecule has 0 aliphatic heterocycles. The summed E-state index contributed by atoms with van der Waals surface area (Å²) < 4.78 is 13.8. The van der Waals surface area contributed by atoms with Crippen molar-refractivity contribution in [3.05, 3.63) is 33.3 Å². The van der Waals surface area contributed by atoms with Crippen molar-refractivity contribution in [2.24, 2.45) is 5.84 Å². The Hall–Kier alpha value is -1.35. The van der Waals surface area contributed by atoms with Crippen molar-refractivity contribution in [1.82, 2.24) is 15.2 Å². The molecule has 2 aromatic rings. The largest absolute Gasteiger partial charge is 0.288 e. The monoisotopic (exact) mass is 374 g/mol. The van der Waals surface area contributed by atoms with Gasteiger partial charge in [0.1, 0.15) is 11.3 Å². The van der Waals surface area contributed by atoms with Gasteiger partial charge in [0.05, 0.1) is 3.57 Å². The molecule has 1 amide bonds. The van der Waals surface area contributed by atoms with Gasteiger partial charge in [0.25, 0.3) is 5.91 Å². The first-order valence-electron chi connectivity index (χ1n) is 5.72. The maximum atomic E-state index is 13.4. The van der Waals surface area contributed by atoms with Gasteiger partial charge >= 0.3 is 0 Å². The number of amides is 1. The van der Waals surface area contributed by atoms with Crippen molar-refractivity contribution < 1.29 is 9.18 Å². The molecule has 0 radical (unpaired) electrons. The summed E-state index contributed by atoms with van der Waals surface area (Å²) in [5.74, 6) is 4.87. The Balaban J connectivity index is 2.42. The van der Waals surface area contributed by atoms with Gasteiger partial charge in [-0.3, -0.25) is 9.80 Å². The summed E-state index contributed by atoms with van der Waals surface area (Å²) in [5, 5.41) is 9.49. The van der Waals surface area contributed by atoms with Gasteiger partial charge in [-0.25, -0.2) is 10.2 Å². The summed E-state index contributed by atoms with van der Waals surface area (Å²) in [6, 6.07) is 4.48. The zero-order valence-electron chi connectivity index (χ0n) is 10.2. The zero-order chi connectivity index (χ0) is 14.0. The number of rotatable bonds is 3. The fourth-order valence-corrected chi connectivity index (χ4v) is 2.25. The lowest BCUT2D eigenvalue weighted by Crippen LogP contribution is -2.38. The van der Waals surface area contributed by atoms with E-state index in [1.54, 1.807) is 12.1 Å². The smallest absolute Gasteiger partial charge is 0.275 e. The quantitative estimate of drug-likeness (QED) is 0.387. The van der Waals surface area contributed by atoms with Crippen molar-refractivity contribution in [2.45, 2.75) is 13.3 Å². The predicted octanol–water partition coefficient (Wildman–Crippen LogP) is 2.10. The van der Waals surface area contributed by atoms with Crippen LogP contribution in [-0.2, 0) is 0 Å². The Morgan fingerprint density at radius 3 is 2.89 bits per heavy atom. The van der Waals surface area contributed by atoms with Crippen molar-refractivity contribution in [1.29, 1.82) is 0 Å². The van der Waals surface area contributed by atoms with E-state index in [1.807, 2.05) is 29.5 Å². The highest BCUT2D eigenvalue weighted by Gasteiger charge is 2.15. The molecule has 2 rings (SSSR count). The summed E-state index contributed by atoms with van der Waals surface area (Å²) in [5.41, 5.74) is 0.599. The van der Waals surface area contributed by atoms with Gasteiger partial charge in [0.2, 0.25) is 0 Å². The molecule has 0 saturated heterocycles. The van der Waals surface area contributed by atoms with Crippen molar-refractivity contribution in [2.75, 3.05) is 6.54 Å². The van der Waals surface area contributed by atoms with Crippen LogP contribution in [0.2, 0.25) is 0 Å². The number of carbonyl (C=O) groups excluding carboxylic acids is 1. The van der Waals surface area contributed by atoms with E-state index in [4.69, 9.17) is 5.84 Å². The number of hydrogen-bond donors (Lipinski definition) is 1. The van der Waals surface area contributed by atoms with Crippen LogP contribution in [0.15, 0.2) is 18.2 Å². The molecule has 100 valence electrons. The molecule has 1 aromatic carbocycles. The molecule has 5 nitrogen and oxygen atoms in total. The third kappa shape index (κ3) is 2.81. The lowest BCUT2D eigenvalue weighted by atomic mass is 10.2. The highest BCUT2D eigenvalue weighted by molar-refractivity contribution is 14.1. The summed E-state index contributed by atoms with van der Waals surface area (Å²) in [6.45, 7) is 2.36. The maximum absolute atomic E-state index is 13.4. The molecule has 0 spiro atoms. The lowest BCUT2D eigenvalue weighted by molar-refractivity contribution is 0.0748. The number of halogens is 2. The van der Waals surface area contributed by atoms with E-state index >= 15 is 0 Å². The molecule has 0 fully saturated rings. The first kappa shape index (κ1) is 14.1. The van der Waals surface area contributed by atoms with E-state index in [0.717, 1.165) is 11.4 Å². The second-order valence-electron chi connectivity index (χ2n) is 4.03. The van der Waals surface area contributed by atoms with Crippen LogP contribution in [0.3, 0.4) is 0 Å². The Bertz CT molecular complexity index is 634. The maximum Gasteiger partial charge on any atom is 0.288 e. The Kier molecular flexibility index (Phi) is 4.25. The van der Waals surface area contributed by atoms with E-state index in [1.165, 1.54) is 6.07 Å². The first-order valence-corrected chi connectivity index (χ1v) is 6.80. The van der Waals surface area contributed by atoms with Gasteiger partial charge in [-0.1, -0.05) is 6.92 Å². The van der Waals surface area contributed by atoms with Crippen LogP contribution in [0.1, 0.15) is 23.8 Å². The molecule has 7 heteroatoms. The minimum absolute atomic E-state index is 0.158. The van der Waals surface area contributed by atoms with Crippen molar-refractivity contribution in [3.63, 3.8) is 0 Å². The highest BCUT2D eigenvalue weighted by atomic mass is 127. The summed E-state index contributed by atoms with van der Waals surface area (Å²) >= 11 is 1.86.